The molecule has 0 saturated carbocycles. The van der Waals surface area contributed by atoms with Gasteiger partial charge in [0.05, 0.1) is 11.2 Å². The maximum Gasteiger partial charge on any atom is 0.271 e. The number of rotatable bonds is 8. The number of aromatic hydroxyl groups is 1. The summed E-state index contributed by atoms with van der Waals surface area (Å²) in [4.78, 5) is 17.1. The summed E-state index contributed by atoms with van der Waals surface area (Å²) in [5.74, 6) is 0.326. The molecule has 3 aromatic rings. The molecule has 0 aliphatic carbocycles. The van der Waals surface area contributed by atoms with Crippen LogP contribution in [0.5, 0.6) is 11.5 Å². The van der Waals surface area contributed by atoms with Crippen LogP contribution in [0.3, 0.4) is 0 Å². The second-order valence-electron chi connectivity index (χ2n) is 8.90. The third kappa shape index (κ3) is 6.77. The van der Waals surface area contributed by atoms with E-state index in [1.54, 1.807) is 6.21 Å². The molecule has 0 atom stereocenters. The SMILES string of the molecule is Cc1cccc(N2CCN(CCOc3ccc(/C=N/NC(=O)c4ccc(O)c(Cl)c4)c(C)c3)CC2)c1. The number of anilines is 1. The Bertz CT molecular complexity index is 1240. The molecule has 0 unspecified atom stereocenters. The molecule has 36 heavy (non-hydrogen) atoms. The third-order valence-corrected chi connectivity index (χ3v) is 6.54. The fraction of sp³-hybridized carbons (Fsp3) is 0.286. The van der Waals surface area contributed by atoms with Gasteiger partial charge in [0.25, 0.3) is 5.91 Å². The molecule has 1 saturated heterocycles. The van der Waals surface area contributed by atoms with Crippen molar-refractivity contribution in [1.29, 1.82) is 0 Å². The first-order valence-corrected chi connectivity index (χ1v) is 12.4. The lowest BCUT2D eigenvalue weighted by molar-refractivity contribution is 0.0955. The minimum Gasteiger partial charge on any atom is -0.506 e. The molecule has 0 radical (unpaired) electrons. The van der Waals surface area contributed by atoms with Gasteiger partial charge in [-0.25, -0.2) is 5.43 Å². The number of hydrogen-bond donors (Lipinski definition) is 2. The number of nitrogens with zero attached hydrogens (tertiary/aromatic N) is 3. The summed E-state index contributed by atoms with van der Waals surface area (Å²) in [6, 6.07) is 18.7. The van der Waals surface area contributed by atoms with E-state index in [0.29, 0.717) is 12.2 Å². The van der Waals surface area contributed by atoms with E-state index in [1.165, 1.54) is 29.4 Å². The van der Waals surface area contributed by atoms with Gasteiger partial charge in [-0.15, -0.1) is 0 Å². The minimum atomic E-state index is -0.412. The standard InChI is InChI=1S/C28H31ClN4O3/c1-20-4-3-5-24(16-20)33-12-10-32(11-13-33)14-15-36-25-8-6-23(21(2)17-25)19-30-31-28(35)22-7-9-27(34)26(29)18-22/h3-9,16-19,34H,10-15H2,1-2H3,(H,31,35)/b30-19+. The number of halogens is 1. The zero-order valence-electron chi connectivity index (χ0n) is 20.6. The lowest BCUT2D eigenvalue weighted by atomic mass is 10.1. The van der Waals surface area contributed by atoms with Crippen LogP contribution in [0.15, 0.2) is 65.8 Å². The Balaban J connectivity index is 1.21. The first kappa shape index (κ1) is 25.5. The number of phenols is 1. The van der Waals surface area contributed by atoms with Crippen molar-refractivity contribution < 1.29 is 14.6 Å². The van der Waals surface area contributed by atoms with Crippen molar-refractivity contribution in [2.45, 2.75) is 13.8 Å². The average molecular weight is 507 g/mol. The molecule has 0 spiro atoms. The van der Waals surface area contributed by atoms with E-state index in [9.17, 15) is 9.90 Å². The van der Waals surface area contributed by atoms with E-state index in [4.69, 9.17) is 16.3 Å². The maximum atomic E-state index is 12.2. The van der Waals surface area contributed by atoms with Crippen LogP contribution in [0.25, 0.3) is 0 Å². The van der Waals surface area contributed by atoms with Crippen molar-refractivity contribution in [3.63, 3.8) is 0 Å². The van der Waals surface area contributed by atoms with Crippen LogP contribution in [-0.2, 0) is 0 Å². The van der Waals surface area contributed by atoms with Crippen LogP contribution in [0.1, 0.15) is 27.0 Å². The van der Waals surface area contributed by atoms with Crippen molar-refractivity contribution in [2.75, 3.05) is 44.2 Å². The van der Waals surface area contributed by atoms with Crippen LogP contribution in [0.4, 0.5) is 5.69 Å². The van der Waals surface area contributed by atoms with Gasteiger partial charge in [-0.3, -0.25) is 9.69 Å². The van der Waals surface area contributed by atoms with Crippen molar-refractivity contribution >= 4 is 29.4 Å². The molecular weight excluding hydrogens is 476 g/mol. The number of piperazine rings is 1. The van der Waals surface area contributed by atoms with Crippen molar-refractivity contribution in [1.82, 2.24) is 10.3 Å². The molecule has 1 amide bonds. The summed E-state index contributed by atoms with van der Waals surface area (Å²) >= 11 is 5.85. The first-order valence-electron chi connectivity index (χ1n) is 12.0. The van der Waals surface area contributed by atoms with Gasteiger partial charge in [0, 0.05) is 44.0 Å². The average Bonchev–Trinajstić information content (AvgIpc) is 2.87. The van der Waals surface area contributed by atoms with E-state index in [2.05, 4.69) is 51.5 Å². The summed E-state index contributed by atoms with van der Waals surface area (Å²) in [6.45, 7) is 9.70. The zero-order valence-corrected chi connectivity index (χ0v) is 21.3. The molecule has 1 fully saturated rings. The van der Waals surface area contributed by atoms with Gasteiger partial charge in [-0.05, 0) is 79.1 Å². The second-order valence-corrected chi connectivity index (χ2v) is 9.31. The molecule has 2 N–H and O–H groups in total. The monoisotopic (exact) mass is 506 g/mol. The van der Waals surface area contributed by atoms with Crippen molar-refractivity contribution in [3.05, 3.63) is 87.9 Å². The predicted octanol–water partition coefficient (Wildman–Crippen LogP) is 4.63. The molecule has 0 bridgehead atoms. The molecule has 8 heteroatoms. The number of hydrazone groups is 1. The maximum absolute atomic E-state index is 12.2. The van der Waals surface area contributed by atoms with Gasteiger partial charge >= 0.3 is 0 Å². The molecule has 1 heterocycles. The number of aryl methyl sites for hydroxylation is 2. The van der Waals surface area contributed by atoms with E-state index < -0.39 is 5.91 Å². The molecule has 1 aliphatic heterocycles. The molecule has 0 aromatic heterocycles. The number of amides is 1. The van der Waals surface area contributed by atoms with Gasteiger partial charge < -0.3 is 14.7 Å². The Hall–Kier alpha value is -3.55. The van der Waals surface area contributed by atoms with Gasteiger partial charge in [0.15, 0.2) is 0 Å². The molecule has 188 valence electrons. The third-order valence-electron chi connectivity index (χ3n) is 6.24. The number of phenolic OH excluding ortho intramolecular Hbond substituents is 1. The van der Waals surface area contributed by atoms with E-state index in [0.717, 1.165) is 49.6 Å². The quantitative estimate of drug-likeness (QED) is 0.344. The predicted molar refractivity (Wildman–Crippen MR) is 145 cm³/mol. The molecular formula is C28H31ClN4O3. The number of carbonyl (C=O) groups excluding carboxylic acids is 1. The van der Waals surface area contributed by atoms with Crippen LogP contribution >= 0.6 is 11.6 Å². The van der Waals surface area contributed by atoms with Crippen molar-refractivity contribution in [2.24, 2.45) is 5.10 Å². The Morgan fingerprint density at radius 3 is 2.61 bits per heavy atom. The largest absolute Gasteiger partial charge is 0.506 e. The summed E-state index contributed by atoms with van der Waals surface area (Å²) in [5.41, 5.74) is 7.24. The Morgan fingerprint density at radius 1 is 1.08 bits per heavy atom. The topological polar surface area (TPSA) is 77.4 Å². The van der Waals surface area contributed by atoms with Crippen molar-refractivity contribution in [3.8, 4) is 11.5 Å². The minimum absolute atomic E-state index is 0.0738. The Labute approximate surface area is 216 Å². The lowest BCUT2D eigenvalue weighted by Crippen LogP contribution is -2.47. The fourth-order valence-electron chi connectivity index (χ4n) is 4.10. The summed E-state index contributed by atoms with van der Waals surface area (Å²) in [5, 5.41) is 13.6. The summed E-state index contributed by atoms with van der Waals surface area (Å²) in [6.07, 6.45) is 1.59. The highest BCUT2D eigenvalue weighted by atomic mass is 35.5. The van der Waals surface area contributed by atoms with Gasteiger partial charge in [-0.2, -0.15) is 5.10 Å². The summed E-state index contributed by atoms with van der Waals surface area (Å²) < 4.78 is 5.99. The van der Waals surface area contributed by atoms with Crippen LogP contribution < -0.4 is 15.1 Å². The van der Waals surface area contributed by atoms with E-state index >= 15 is 0 Å². The first-order chi connectivity index (χ1) is 17.4. The smallest absolute Gasteiger partial charge is 0.271 e. The molecule has 4 rings (SSSR count). The highest BCUT2D eigenvalue weighted by molar-refractivity contribution is 6.32. The normalized spacial score (nSPS) is 14.2. The number of ether oxygens (including phenoxy) is 1. The number of benzene rings is 3. The zero-order chi connectivity index (χ0) is 25.5. The van der Waals surface area contributed by atoms with Gasteiger partial charge in [-0.1, -0.05) is 23.7 Å². The molecule has 7 nitrogen and oxygen atoms in total. The van der Waals surface area contributed by atoms with Crippen LogP contribution in [0, 0.1) is 13.8 Å². The Morgan fingerprint density at radius 2 is 1.89 bits per heavy atom. The molecule has 1 aliphatic rings. The summed E-state index contributed by atoms with van der Waals surface area (Å²) in [7, 11) is 0. The fourth-order valence-corrected chi connectivity index (χ4v) is 4.28. The lowest BCUT2D eigenvalue weighted by Gasteiger charge is -2.36. The highest BCUT2D eigenvalue weighted by Gasteiger charge is 2.17. The van der Waals surface area contributed by atoms with Crippen LogP contribution in [0.2, 0.25) is 5.02 Å². The van der Waals surface area contributed by atoms with Crippen LogP contribution in [-0.4, -0.2) is 61.5 Å². The molecule has 3 aromatic carbocycles. The van der Waals surface area contributed by atoms with Gasteiger partial charge in [0.2, 0.25) is 0 Å². The number of hydrogen-bond acceptors (Lipinski definition) is 6. The second kappa shape index (κ2) is 11.9. The van der Waals surface area contributed by atoms with E-state index in [-0.39, 0.29) is 10.8 Å². The Kier molecular flexibility index (Phi) is 8.46. The van der Waals surface area contributed by atoms with E-state index in [1.807, 2.05) is 25.1 Å². The number of nitrogens with one attached hydrogen (secondary N) is 1. The highest BCUT2D eigenvalue weighted by Crippen LogP contribution is 2.23. The number of carbonyl (C=O) groups is 1. The van der Waals surface area contributed by atoms with Gasteiger partial charge in [0.1, 0.15) is 18.1 Å².